The number of nitrogens with one attached hydrogen (secondary N) is 1. The fourth-order valence-electron chi connectivity index (χ4n) is 2.90. The van der Waals surface area contributed by atoms with Crippen LogP contribution in [-0.4, -0.2) is 46.3 Å². The summed E-state index contributed by atoms with van der Waals surface area (Å²) in [7, 11) is -3.25. The quantitative estimate of drug-likeness (QED) is 0.787. The predicted octanol–water partition coefficient (Wildman–Crippen LogP) is 0.471. The average molecular weight is 378 g/mol. The number of hydrogen-bond acceptors (Lipinski definition) is 5. The van der Waals surface area contributed by atoms with Crippen molar-refractivity contribution in [2.45, 2.75) is 32.7 Å². The highest BCUT2D eigenvalue weighted by atomic mass is 32.2. The number of nitrogens with zero attached hydrogens (tertiary/aromatic N) is 3. The van der Waals surface area contributed by atoms with E-state index in [2.05, 4.69) is 10.4 Å². The summed E-state index contributed by atoms with van der Waals surface area (Å²) in [6.45, 7) is 1.63. The first-order valence-corrected chi connectivity index (χ1v) is 10.2. The molecule has 26 heavy (non-hydrogen) atoms. The number of rotatable bonds is 5. The number of aryl methyl sites for hydroxylation is 1. The van der Waals surface area contributed by atoms with Crippen LogP contribution in [0.25, 0.3) is 0 Å². The van der Waals surface area contributed by atoms with Gasteiger partial charge in [0.1, 0.15) is 0 Å². The molecule has 0 unspecified atom stereocenters. The molecule has 140 valence electrons. The monoisotopic (exact) mass is 378 g/mol. The topological polar surface area (TPSA) is 105 Å². The number of aliphatic hydroxyl groups excluding tert-OH is 1. The second-order valence-electron chi connectivity index (χ2n) is 6.34. The number of benzene rings is 1. The second-order valence-corrected chi connectivity index (χ2v) is 8.32. The lowest BCUT2D eigenvalue weighted by molar-refractivity contribution is 0.0950. The van der Waals surface area contributed by atoms with Gasteiger partial charge in [0.2, 0.25) is 10.0 Å². The summed E-state index contributed by atoms with van der Waals surface area (Å²) >= 11 is 0. The van der Waals surface area contributed by atoms with Crippen LogP contribution in [0.2, 0.25) is 0 Å². The normalized spacial score (nSPS) is 15.3. The smallest absolute Gasteiger partial charge is 0.251 e. The van der Waals surface area contributed by atoms with E-state index in [1.54, 1.807) is 24.3 Å². The molecule has 0 saturated carbocycles. The Labute approximate surface area is 152 Å². The molecule has 1 aromatic carbocycles. The number of carbonyl (C=O) groups is 1. The van der Waals surface area contributed by atoms with E-state index in [-0.39, 0.29) is 19.1 Å². The first kappa shape index (κ1) is 18.6. The second kappa shape index (κ2) is 7.56. The maximum Gasteiger partial charge on any atom is 0.251 e. The van der Waals surface area contributed by atoms with Crippen LogP contribution < -0.4 is 5.32 Å². The molecule has 3 rings (SSSR count). The van der Waals surface area contributed by atoms with Gasteiger partial charge in [0, 0.05) is 18.7 Å². The number of aliphatic hydroxyl groups is 1. The van der Waals surface area contributed by atoms with Crippen LogP contribution in [0.15, 0.2) is 30.3 Å². The SMILES string of the molecule is CS(=O)(=O)N1CCCn2nc(CNC(=O)c3ccc(CO)cc3)cc2C1. The molecule has 0 fully saturated rings. The van der Waals surface area contributed by atoms with Crippen molar-refractivity contribution in [3.63, 3.8) is 0 Å². The molecule has 1 amide bonds. The van der Waals surface area contributed by atoms with E-state index < -0.39 is 10.0 Å². The van der Waals surface area contributed by atoms with E-state index in [9.17, 15) is 13.2 Å². The lowest BCUT2D eigenvalue weighted by atomic mass is 10.1. The Morgan fingerprint density at radius 1 is 1.27 bits per heavy atom. The highest BCUT2D eigenvalue weighted by molar-refractivity contribution is 7.88. The fraction of sp³-hybridized carbons (Fsp3) is 0.412. The van der Waals surface area contributed by atoms with E-state index in [0.29, 0.717) is 37.3 Å². The van der Waals surface area contributed by atoms with Crippen LogP contribution in [0, 0.1) is 0 Å². The number of hydrogen-bond donors (Lipinski definition) is 2. The summed E-state index contributed by atoms with van der Waals surface area (Å²) in [6.07, 6.45) is 1.91. The lowest BCUT2D eigenvalue weighted by Gasteiger charge is -2.16. The third-order valence-electron chi connectivity index (χ3n) is 4.33. The minimum atomic E-state index is -3.25. The van der Waals surface area contributed by atoms with Crippen LogP contribution in [0.5, 0.6) is 0 Å². The molecule has 0 aliphatic carbocycles. The van der Waals surface area contributed by atoms with Crippen LogP contribution in [0.4, 0.5) is 0 Å². The molecule has 0 bridgehead atoms. The maximum atomic E-state index is 12.2. The summed E-state index contributed by atoms with van der Waals surface area (Å²) in [6, 6.07) is 8.56. The maximum absolute atomic E-state index is 12.2. The Balaban J connectivity index is 1.65. The van der Waals surface area contributed by atoms with Crippen molar-refractivity contribution in [2.75, 3.05) is 12.8 Å². The fourth-order valence-corrected chi connectivity index (χ4v) is 3.72. The number of amides is 1. The zero-order valence-corrected chi connectivity index (χ0v) is 15.4. The Kier molecular flexibility index (Phi) is 5.40. The van der Waals surface area contributed by atoms with E-state index >= 15 is 0 Å². The molecule has 2 N–H and O–H groups in total. The Morgan fingerprint density at radius 2 is 2.00 bits per heavy atom. The van der Waals surface area contributed by atoms with Gasteiger partial charge in [-0.15, -0.1) is 0 Å². The largest absolute Gasteiger partial charge is 0.392 e. The van der Waals surface area contributed by atoms with Gasteiger partial charge in [-0.3, -0.25) is 9.48 Å². The molecule has 0 saturated heterocycles. The lowest BCUT2D eigenvalue weighted by Crippen LogP contribution is -2.29. The van der Waals surface area contributed by atoms with Crippen LogP contribution in [0.3, 0.4) is 0 Å². The predicted molar refractivity (Wildman–Crippen MR) is 95.6 cm³/mol. The zero-order chi connectivity index (χ0) is 18.7. The van der Waals surface area contributed by atoms with E-state index in [1.165, 1.54) is 10.6 Å². The van der Waals surface area contributed by atoms with Gasteiger partial charge in [0.25, 0.3) is 5.91 Å². The van der Waals surface area contributed by atoms with Crippen LogP contribution in [-0.2, 0) is 36.3 Å². The number of sulfonamides is 1. The summed E-state index contributed by atoms with van der Waals surface area (Å²) in [5.41, 5.74) is 2.76. The molecule has 9 heteroatoms. The van der Waals surface area contributed by atoms with Gasteiger partial charge in [0.05, 0.1) is 37.3 Å². The van der Waals surface area contributed by atoms with Crippen molar-refractivity contribution < 1.29 is 18.3 Å². The van der Waals surface area contributed by atoms with E-state index in [4.69, 9.17) is 5.11 Å². The van der Waals surface area contributed by atoms with Gasteiger partial charge in [-0.25, -0.2) is 8.42 Å². The van der Waals surface area contributed by atoms with Crippen molar-refractivity contribution in [2.24, 2.45) is 0 Å². The van der Waals surface area contributed by atoms with E-state index in [0.717, 1.165) is 11.3 Å². The van der Waals surface area contributed by atoms with Gasteiger partial charge in [0.15, 0.2) is 0 Å². The molecule has 0 spiro atoms. The van der Waals surface area contributed by atoms with Gasteiger partial charge >= 0.3 is 0 Å². The molecular weight excluding hydrogens is 356 g/mol. The summed E-state index contributed by atoms with van der Waals surface area (Å²) < 4.78 is 26.8. The molecule has 8 nitrogen and oxygen atoms in total. The highest BCUT2D eigenvalue weighted by Gasteiger charge is 2.22. The Morgan fingerprint density at radius 3 is 2.65 bits per heavy atom. The zero-order valence-electron chi connectivity index (χ0n) is 14.6. The summed E-state index contributed by atoms with van der Waals surface area (Å²) in [5.74, 6) is -0.226. The number of carbonyl (C=O) groups excluding carboxylic acids is 1. The molecule has 1 aromatic heterocycles. The van der Waals surface area contributed by atoms with Crippen LogP contribution in [0.1, 0.15) is 33.7 Å². The molecular formula is C17H22N4O4S. The third kappa shape index (κ3) is 4.29. The molecule has 0 radical (unpaired) electrons. The number of aromatic nitrogens is 2. The van der Waals surface area contributed by atoms with Crippen LogP contribution >= 0.6 is 0 Å². The molecule has 2 aromatic rings. The molecule has 1 aliphatic heterocycles. The Bertz CT molecular complexity index is 890. The van der Waals surface area contributed by atoms with Crippen molar-refractivity contribution in [3.05, 3.63) is 52.8 Å². The standard InChI is InChI=1S/C17H22N4O4S/c1-26(24,25)20-7-2-8-21-16(11-20)9-15(19-21)10-18-17(23)14-5-3-13(12-22)4-6-14/h3-6,9,22H,2,7-8,10-12H2,1H3,(H,18,23). The summed E-state index contributed by atoms with van der Waals surface area (Å²) in [5, 5.41) is 16.3. The Hall–Kier alpha value is -2.23. The first-order valence-electron chi connectivity index (χ1n) is 8.35. The van der Waals surface area contributed by atoms with Gasteiger partial charge < -0.3 is 10.4 Å². The molecule has 0 atom stereocenters. The minimum absolute atomic E-state index is 0.0629. The van der Waals surface area contributed by atoms with Crippen molar-refractivity contribution in [1.29, 1.82) is 0 Å². The first-order chi connectivity index (χ1) is 12.4. The van der Waals surface area contributed by atoms with Crippen molar-refractivity contribution >= 4 is 15.9 Å². The van der Waals surface area contributed by atoms with Gasteiger partial charge in [-0.05, 0) is 30.2 Å². The van der Waals surface area contributed by atoms with Gasteiger partial charge in [-0.2, -0.15) is 9.40 Å². The third-order valence-corrected chi connectivity index (χ3v) is 5.58. The highest BCUT2D eigenvalue weighted by Crippen LogP contribution is 2.16. The number of fused-ring (bicyclic) bond motifs is 1. The van der Waals surface area contributed by atoms with Crippen molar-refractivity contribution in [1.82, 2.24) is 19.4 Å². The van der Waals surface area contributed by atoms with E-state index in [1.807, 2.05) is 10.7 Å². The molecule has 2 heterocycles. The van der Waals surface area contributed by atoms with Crippen molar-refractivity contribution in [3.8, 4) is 0 Å². The molecule has 1 aliphatic rings. The summed E-state index contributed by atoms with van der Waals surface area (Å²) in [4.78, 5) is 12.2. The average Bonchev–Trinajstić information content (AvgIpc) is 2.88. The van der Waals surface area contributed by atoms with Gasteiger partial charge in [-0.1, -0.05) is 12.1 Å². The minimum Gasteiger partial charge on any atom is -0.392 e.